The molecule has 118 valence electrons. The van der Waals surface area contributed by atoms with Crippen molar-refractivity contribution >= 4 is 5.91 Å². The Morgan fingerprint density at radius 2 is 1.90 bits per heavy atom. The van der Waals surface area contributed by atoms with Gasteiger partial charge < -0.3 is 10.2 Å². The van der Waals surface area contributed by atoms with Crippen molar-refractivity contribution in [3.63, 3.8) is 0 Å². The number of rotatable bonds is 10. The Kier molecular flexibility index (Phi) is 8.92. The van der Waals surface area contributed by atoms with Crippen molar-refractivity contribution in [2.75, 3.05) is 13.1 Å². The third kappa shape index (κ3) is 6.74. The molecular formula is C17H34N2O. The summed E-state index contributed by atoms with van der Waals surface area (Å²) in [6.45, 7) is 8.51. The van der Waals surface area contributed by atoms with Gasteiger partial charge >= 0.3 is 0 Å². The van der Waals surface area contributed by atoms with E-state index in [1.54, 1.807) is 0 Å². The molecular weight excluding hydrogens is 248 g/mol. The fourth-order valence-corrected chi connectivity index (χ4v) is 2.95. The van der Waals surface area contributed by atoms with E-state index in [1.165, 1.54) is 44.9 Å². The maximum absolute atomic E-state index is 12.4. The van der Waals surface area contributed by atoms with Crippen LogP contribution in [0.15, 0.2) is 0 Å². The highest BCUT2D eigenvalue weighted by Gasteiger charge is 2.22. The molecule has 0 aromatic carbocycles. The molecule has 0 radical (unpaired) electrons. The van der Waals surface area contributed by atoms with Crippen LogP contribution >= 0.6 is 0 Å². The molecule has 0 bridgehead atoms. The average molecular weight is 282 g/mol. The molecule has 3 nitrogen and oxygen atoms in total. The monoisotopic (exact) mass is 282 g/mol. The fraction of sp³-hybridized carbons (Fsp3) is 0.941. The Bertz CT molecular complexity index is 260. The predicted octanol–water partition coefficient (Wildman–Crippen LogP) is 3.73. The number of carbonyl (C=O) groups excluding carboxylic acids is 1. The molecule has 0 saturated carbocycles. The minimum atomic E-state index is 0.324. The second-order valence-electron chi connectivity index (χ2n) is 6.45. The molecule has 0 aromatic heterocycles. The molecule has 0 aliphatic carbocycles. The number of nitrogens with one attached hydrogen (secondary N) is 1. The number of nitrogens with zero attached hydrogens (tertiary/aromatic N) is 1. The van der Waals surface area contributed by atoms with Crippen molar-refractivity contribution in [1.29, 1.82) is 0 Å². The second-order valence-corrected chi connectivity index (χ2v) is 6.45. The van der Waals surface area contributed by atoms with E-state index in [0.717, 1.165) is 25.9 Å². The van der Waals surface area contributed by atoms with Gasteiger partial charge in [-0.1, -0.05) is 39.0 Å². The Morgan fingerprint density at radius 3 is 2.50 bits per heavy atom. The summed E-state index contributed by atoms with van der Waals surface area (Å²) >= 11 is 0. The Hall–Kier alpha value is -0.570. The van der Waals surface area contributed by atoms with Gasteiger partial charge in [0.15, 0.2) is 0 Å². The summed E-state index contributed by atoms with van der Waals surface area (Å²) in [5.41, 5.74) is 0. The summed E-state index contributed by atoms with van der Waals surface area (Å²) in [5.74, 6) is 0.351. The van der Waals surface area contributed by atoms with E-state index in [0.29, 0.717) is 18.0 Å². The van der Waals surface area contributed by atoms with E-state index in [4.69, 9.17) is 0 Å². The number of carbonyl (C=O) groups is 1. The van der Waals surface area contributed by atoms with Crippen molar-refractivity contribution in [2.45, 2.75) is 90.6 Å². The first-order valence-corrected chi connectivity index (χ1v) is 8.68. The maximum atomic E-state index is 12.4. The van der Waals surface area contributed by atoms with Gasteiger partial charge in [-0.15, -0.1) is 0 Å². The molecule has 1 aliphatic rings. The lowest BCUT2D eigenvalue weighted by Gasteiger charge is -2.29. The summed E-state index contributed by atoms with van der Waals surface area (Å²) in [5, 5.41) is 3.49. The number of amides is 1. The highest BCUT2D eigenvalue weighted by Crippen LogP contribution is 2.13. The minimum Gasteiger partial charge on any atom is -0.339 e. The predicted molar refractivity (Wildman–Crippen MR) is 85.9 cm³/mol. The van der Waals surface area contributed by atoms with Gasteiger partial charge in [0.25, 0.3) is 0 Å². The van der Waals surface area contributed by atoms with Crippen LogP contribution in [0, 0.1) is 0 Å². The van der Waals surface area contributed by atoms with Gasteiger partial charge in [0.05, 0.1) is 0 Å². The molecule has 3 heteroatoms. The molecule has 1 fully saturated rings. The van der Waals surface area contributed by atoms with Gasteiger partial charge in [-0.25, -0.2) is 0 Å². The van der Waals surface area contributed by atoms with Gasteiger partial charge in [0.1, 0.15) is 0 Å². The molecule has 1 N–H and O–H groups in total. The van der Waals surface area contributed by atoms with Gasteiger partial charge in [-0.3, -0.25) is 4.79 Å². The van der Waals surface area contributed by atoms with Crippen LogP contribution in [-0.2, 0) is 4.79 Å². The third-order valence-corrected chi connectivity index (χ3v) is 4.27. The molecule has 1 unspecified atom stereocenters. The van der Waals surface area contributed by atoms with Crippen LogP contribution < -0.4 is 5.32 Å². The molecule has 1 heterocycles. The van der Waals surface area contributed by atoms with Crippen LogP contribution in [-0.4, -0.2) is 36.0 Å². The SMILES string of the molecule is CCCCCCCCC(=O)N(CC1CCCN1)C(C)C. The smallest absolute Gasteiger partial charge is 0.222 e. The number of hydrogen-bond acceptors (Lipinski definition) is 2. The lowest BCUT2D eigenvalue weighted by atomic mass is 10.1. The number of unbranched alkanes of at least 4 members (excludes halogenated alkanes) is 5. The topological polar surface area (TPSA) is 32.3 Å². The van der Waals surface area contributed by atoms with E-state index in [1.807, 2.05) is 0 Å². The first-order valence-electron chi connectivity index (χ1n) is 8.68. The minimum absolute atomic E-state index is 0.324. The molecule has 1 amide bonds. The lowest BCUT2D eigenvalue weighted by molar-refractivity contribution is -0.133. The number of hydrogen-bond donors (Lipinski definition) is 1. The van der Waals surface area contributed by atoms with Crippen LogP contribution in [0.1, 0.15) is 78.6 Å². The Morgan fingerprint density at radius 1 is 1.20 bits per heavy atom. The Labute approximate surface area is 125 Å². The normalized spacial score (nSPS) is 18.7. The van der Waals surface area contributed by atoms with Crippen molar-refractivity contribution < 1.29 is 4.79 Å². The summed E-state index contributed by atoms with van der Waals surface area (Å²) in [4.78, 5) is 14.4. The van der Waals surface area contributed by atoms with Gasteiger partial charge in [-0.2, -0.15) is 0 Å². The van der Waals surface area contributed by atoms with E-state index >= 15 is 0 Å². The largest absolute Gasteiger partial charge is 0.339 e. The lowest BCUT2D eigenvalue weighted by Crippen LogP contribution is -2.44. The van der Waals surface area contributed by atoms with Gasteiger partial charge in [0, 0.05) is 25.0 Å². The third-order valence-electron chi connectivity index (χ3n) is 4.27. The van der Waals surface area contributed by atoms with Crippen molar-refractivity contribution in [2.24, 2.45) is 0 Å². The zero-order valence-electron chi connectivity index (χ0n) is 13.8. The second kappa shape index (κ2) is 10.2. The van der Waals surface area contributed by atoms with Crippen LogP contribution in [0.5, 0.6) is 0 Å². The van der Waals surface area contributed by atoms with Crippen LogP contribution in [0.2, 0.25) is 0 Å². The van der Waals surface area contributed by atoms with Gasteiger partial charge in [-0.05, 0) is 39.7 Å². The van der Waals surface area contributed by atoms with E-state index in [9.17, 15) is 4.79 Å². The highest BCUT2D eigenvalue weighted by atomic mass is 16.2. The zero-order valence-corrected chi connectivity index (χ0v) is 13.8. The maximum Gasteiger partial charge on any atom is 0.222 e. The Balaban J connectivity index is 2.21. The first kappa shape index (κ1) is 17.5. The van der Waals surface area contributed by atoms with Crippen LogP contribution in [0.3, 0.4) is 0 Å². The summed E-state index contributed by atoms with van der Waals surface area (Å²) in [6, 6.07) is 0.843. The van der Waals surface area contributed by atoms with E-state index in [-0.39, 0.29) is 0 Å². The van der Waals surface area contributed by atoms with Crippen molar-refractivity contribution in [3.8, 4) is 0 Å². The molecule has 20 heavy (non-hydrogen) atoms. The molecule has 0 spiro atoms. The molecule has 1 rings (SSSR count). The van der Waals surface area contributed by atoms with Gasteiger partial charge in [0.2, 0.25) is 5.91 Å². The summed E-state index contributed by atoms with van der Waals surface area (Å²) in [6.07, 6.45) is 10.7. The van der Waals surface area contributed by atoms with Crippen molar-refractivity contribution in [1.82, 2.24) is 10.2 Å². The zero-order chi connectivity index (χ0) is 14.8. The van der Waals surface area contributed by atoms with E-state index < -0.39 is 0 Å². The summed E-state index contributed by atoms with van der Waals surface area (Å²) < 4.78 is 0. The molecule has 1 atom stereocenters. The van der Waals surface area contributed by atoms with Crippen LogP contribution in [0.25, 0.3) is 0 Å². The van der Waals surface area contributed by atoms with E-state index in [2.05, 4.69) is 31.0 Å². The standard InChI is InChI=1S/C17H34N2O/c1-4-5-6-7-8-9-12-17(20)19(15(2)3)14-16-11-10-13-18-16/h15-16,18H,4-14H2,1-3H3. The van der Waals surface area contributed by atoms with Crippen molar-refractivity contribution in [3.05, 3.63) is 0 Å². The molecule has 1 saturated heterocycles. The fourth-order valence-electron chi connectivity index (χ4n) is 2.95. The quantitative estimate of drug-likeness (QED) is 0.619. The summed E-state index contributed by atoms with van der Waals surface area (Å²) in [7, 11) is 0. The average Bonchev–Trinajstić information content (AvgIpc) is 2.92. The first-order chi connectivity index (χ1) is 9.65. The molecule has 0 aromatic rings. The molecule has 1 aliphatic heterocycles. The highest BCUT2D eigenvalue weighted by molar-refractivity contribution is 5.76. The van der Waals surface area contributed by atoms with Crippen LogP contribution in [0.4, 0.5) is 0 Å².